The zero-order valence-corrected chi connectivity index (χ0v) is 14.3. The summed E-state index contributed by atoms with van der Waals surface area (Å²) in [5.74, 6) is -8.79. The predicted molar refractivity (Wildman–Crippen MR) is 83.0 cm³/mol. The van der Waals surface area contributed by atoms with E-state index in [9.17, 15) is 35.2 Å². The third kappa shape index (κ3) is 3.61. The molecule has 0 bridgehead atoms. The number of hydrogen-bond donors (Lipinski definition) is 1. The van der Waals surface area contributed by atoms with Crippen LogP contribution >= 0.6 is 22.6 Å². The minimum atomic E-state index is -6.20. The van der Waals surface area contributed by atoms with Crippen LogP contribution in [-0.4, -0.2) is 26.4 Å². The van der Waals surface area contributed by atoms with Gasteiger partial charge in [0.1, 0.15) is 0 Å². The Kier molecular flexibility index (Phi) is 4.78. The standard InChI is InChI=1S/C13H7F5INO3S/c14-12(15,13(16,17)18)11(21)20-24(22,23)10-4-2-7-5-9(19)3-1-8(7)6-10/h1-6H,(H,20,21). The van der Waals surface area contributed by atoms with Crippen molar-refractivity contribution in [3.8, 4) is 0 Å². The molecule has 0 saturated carbocycles. The maximum Gasteiger partial charge on any atom is 0.463 e. The molecule has 130 valence electrons. The molecule has 0 aliphatic carbocycles. The van der Waals surface area contributed by atoms with E-state index in [4.69, 9.17) is 0 Å². The zero-order chi connectivity index (χ0) is 18.3. The first-order valence-electron chi connectivity index (χ1n) is 6.06. The van der Waals surface area contributed by atoms with Crippen molar-refractivity contribution in [2.75, 3.05) is 0 Å². The fourth-order valence-corrected chi connectivity index (χ4v) is 3.27. The van der Waals surface area contributed by atoms with E-state index >= 15 is 0 Å². The van der Waals surface area contributed by atoms with Crippen LogP contribution in [0.25, 0.3) is 10.8 Å². The Morgan fingerprint density at radius 1 is 0.958 bits per heavy atom. The second kappa shape index (κ2) is 6.10. The van der Waals surface area contributed by atoms with Crippen molar-refractivity contribution in [3.63, 3.8) is 0 Å². The van der Waals surface area contributed by atoms with E-state index in [1.165, 1.54) is 6.07 Å². The normalized spacial score (nSPS) is 13.1. The number of carbonyl (C=O) groups excluding carboxylic acids is 1. The van der Waals surface area contributed by atoms with Gasteiger partial charge in [0.2, 0.25) is 0 Å². The number of fused-ring (bicyclic) bond motifs is 1. The van der Waals surface area contributed by atoms with Crippen LogP contribution in [0, 0.1) is 3.57 Å². The summed E-state index contributed by atoms with van der Waals surface area (Å²) in [5, 5.41) is 1.04. The summed E-state index contributed by atoms with van der Waals surface area (Å²) in [6.45, 7) is 0. The average molecular weight is 479 g/mol. The quantitative estimate of drug-likeness (QED) is 0.542. The van der Waals surface area contributed by atoms with Crippen LogP contribution in [0.5, 0.6) is 0 Å². The average Bonchev–Trinajstić information content (AvgIpc) is 2.44. The van der Waals surface area contributed by atoms with Gasteiger partial charge < -0.3 is 0 Å². The third-order valence-corrected chi connectivity index (χ3v) is 4.95. The molecule has 1 N–H and O–H groups in total. The summed E-state index contributed by atoms with van der Waals surface area (Å²) in [4.78, 5) is 10.4. The monoisotopic (exact) mass is 479 g/mol. The van der Waals surface area contributed by atoms with E-state index in [-0.39, 0.29) is 0 Å². The molecule has 0 aliphatic heterocycles. The second-order valence-corrected chi connectivity index (χ2v) is 7.59. The number of hydrogen-bond acceptors (Lipinski definition) is 3. The number of nitrogens with one attached hydrogen (secondary N) is 1. The van der Waals surface area contributed by atoms with E-state index in [2.05, 4.69) is 0 Å². The van der Waals surface area contributed by atoms with Crippen molar-refractivity contribution in [2.45, 2.75) is 17.0 Å². The summed E-state index contributed by atoms with van der Waals surface area (Å²) < 4.78 is 87.4. The van der Waals surface area contributed by atoms with Crippen molar-refractivity contribution in [3.05, 3.63) is 40.0 Å². The van der Waals surface area contributed by atoms with Gasteiger partial charge in [-0.15, -0.1) is 0 Å². The number of alkyl halides is 5. The molecule has 0 unspecified atom stereocenters. The van der Waals surface area contributed by atoms with Crippen molar-refractivity contribution in [1.82, 2.24) is 4.72 Å². The molecule has 1 amide bonds. The van der Waals surface area contributed by atoms with E-state index in [0.29, 0.717) is 10.8 Å². The Hall–Kier alpha value is -1.50. The van der Waals surface area contributed by atoms with Crippen LogP contribution < -0.4 is 4.72 Å². The van der Waals surface area contributed by atoms with Gasteiger partial charge in [0.25, 0.3) is 10.0 Å². The number of amides is 1. The minimum Gasteiger partial charge on any atom is -0.267 e. The van der Waals surface area contributed by atoms with E-state index in [0.717, 1.165) is 20.4 Å². The van der Waals surface area contributed by atoms with Gasteiger partial charge in [-0.1, -0.05) is 12.1 Å². The van der Waals surface area contributed by atoms with Crippen LogP contribution in [0.15, 0.2) is 41.3 Å². The molecular weight excluding hydrogens is 472 g/mol. The van der Waals surface area contributed by atoms with Crippen molar-refractivity contribution in [2.24, 2.45) is 0 Å². The van der Waals surface area contributed by atoms with Crippen molar-refractivity contribution < 1.29 is 35.2 Å². The number of benzene rings is 2. The molecule has 24 heavy (non-hydrogen) atoms. The molecule has 2 aromatic carbocycles. The smallest absolute Gasteiger partial charge is 0.267 e. The first-order valence-corrected chi connectivity index (χ1v) is 8.62. The van der Waals surface area contributed by atoms with Gasteiger partial charge in [-0.25, -0.2) is 13.1 Å². The van der Waals surface area contributed by atoms with Crippen molar-refractivity contribution >= 4 is 49.3 Å². The lowest BCUT2D eigenvalue weighted by molar-refractivity contribution is -0.268. The molecule has 0 saturated heterocycles. The molecule has 0 fully saturated rings. The predicted octanol–water partition coefficient (Wildman–Crippen LogP) is 3.45. The van der Waals surface area contributed by atoms with E-state index in [1.807, 2.05) is 22.6 Å². The third-order valence-electron chi connectivity index (χ3n) is 2.95. The highest BCUT2D eigenvalue weighted by atomic mass is 127. The Labute approximate surface area is 146 Å². The molecule has 11 heteroatoms. The topological polar surface area (TPSA) is 63.2 Å². The first kappa shape index (κ1) is 18.8. The Balaban J connectivity index is 2.37. The Morgan fingerprint density at radius 2 is 1.50 bits per heavy atom. The summed E-state index contributed by atoms with van der Waals surface area (Å²) in [6.07, 6.45) is -6.20. The van der Waals surface area contributed by atoms with Gasteiger partial charge in [0, 0.05) is 3.57 Å². The molecule has 0 spiro atoms. The Morgan fingerprint density at radius 3 is 2.08 bits per heavy atom. The number of rotatable bonds is 3. The summed E-state index contributed by atoms with van der Waals surface area (Å²) in [7, 11) is -4.89. The molecule has 0 radical (unpaired) electrons. The Bertz CT molecular complexity index is 911. The van der Waals surface area contributed by atoms with Crippen LogP contribution in [-0.2, 0) is 14.8 Å². The fourth-order valence-electron chi connectivity index (χ4n) is 1.74. The molecule has 0 atom stereocenters. The summed E-state index contributed by atoms with van der Waals surface area (Å²) in [6, 6.07) is 8.31. The molecule has 4 nitrogen and oxygen atoms in total. The lowest BCUT2D eigenvalue weighted by atomic mass is 10.1. The lowest BCUT2D eigenvalue weighted by Crippen LogP contribution is -2.51. The van der Waals surface area contributed by atoms with E-state index in [1.54, 1.807) is 18.2 Å². The van der Waals surface area contributed by atoms with Gasteiger partial charge in [-0.05, 0) is 57.6 Å². The van der Waals surface area contributed by atoms with Gasteiger partial charge >= 0.3 is 18.0 Å². The molecular formula is C13H7F5INO3S. The molecule has 2 aromatic rings. The molecule has 0 aromatic heterocycles. The number of halogens is 6. The zero-order valence-electron chi connectivity index (χ0n) is 11.4. The first-order chi connectivity index (χ1) is 10.8. The van der Waals surface area contributed by atoms with Crippen molar-refractivity contribution in [1.29, 1.82) is 0 Å². The highest BCUT2D eigenvalue weighted by Crippen LogP contribution is 2.35. The maximum atomic E-state index is 12.9. The maximum absolute atomic E-state index is 12.9. The highest BCUT2D eigenvalue weighted by Gasteiger charge is 2.64. The number of carbonyl (C=O) groups is 1. The van der Waals surface area contributed by atoms with E-state index < -0.39 is 32.9 Å². The summed E-state index contributed by atoms with van der Waals surface area (Å²) in [5.41, 5.74) is 0. The van der Waals surface area contributed by atoms with Crippen LogP contribution in [0.3, 0.4) is 0 Å². The molecule has 0 heterocycles. The van der Waals surface area contributed by atoms with Crippen LogP contribution in [0.2, 0.25) is 0 Å². The van der Waals surface area contributed by atoms with Gasteiger partial charge in [0.15, 0.2) is 0 Å². The highest BCUT2D eigenvalue weighted by molar-refractivity contribution is 14.1. The molecule has 0 aliphatic rings. The van der Waals surface area contributed by atoms with Gasteiger partial charge in [-0.3, -0.25) is 4.79 Å². The van der Waals surface area contributed by atoms with Crippen LogP contribution in [0.4, 0.5) is 22.0 Å². The molecule has 2 rings (SSSR count). The van der Waals surface area contributed by atoms with Gasteiger partial charge in [0.05, 0.1) is 4.90 Å². The SMILES string of the molecule is O=C(NS(=O)(=O)c1ccc2cc(I)ccc2c1)C(F)(F)C(F)(F)F. The fraction of sp³-hybridized carbons (Fsp3) is 0.154. The largest absolute Gasteiger partial charge is 0.463 e. The van der Waals surface area contributed by atoms with Crippen LogP contribution in [0.1, 0.15) is 0 Å². The summed E-state index contributed by atoms with van der Waals surface area (Å²) >= 11 is 2.02. The number of sulfonamides is 1. The second-order valence-electron chi connectivity index (χ2n) is 4.66. The van der Waals surface area contributed by atoms with Gasteiger partial charge in [-0.2, -0.15) is 22.0 Å². The minimum absolute atomic E-state index is 0.410. The lowest BCUT2D eigenvalue weighted by Gasteiger charge is -2.18.